The number of amides is 1. The highest BCUT2D eigenvalue weighted by atomic mass is 35.5. The lowest BCUT2D eigenvalue weighted by Gasteiger charge is -2.22. The summed E-state index contributed by atoms with van der Waals surface area (Å²) in [6.45, 7) is 4.08. The quantitative estimate of drug-likeness (QED) is 0.354. The number of hydrogen-bond donors (Lipinski definition) is 2. The van der Waals surface area contributed by atoms with Gasteiger partial charge in [0, 0.05) is 16.7 Å². The summed E-state index contributed by atoms with van der Waals surface area (Å²) in [6.07, 6.45) is 4.96. The highest BCUT2D eigenvalue weighted by molar-refractivity contribution is 7.16. The van der Waals surface area contributed by atoms with Gasteiger partial charge in [0.05, 0.1) is 11.0 Å². The first-order valence-electron chi connectivity index (χ1n) is 11.5. The predicted octanol–water partition coefficient (Wildman–Crippen LogP) is 5.52. The van der Waals surface area contributed by atoms with Crippen LogP contribution in [-0.2, 0) is 6.42 Å². The van der Waals surface area contributed by atoms with Gasteiger partial charge in [0.15, 0.2) is 0 Å². The predicted molar refractivity (Wildman–Crippen MR) is 137 cm³/mol. The van der Waals surface area contributed by atoms with E-state index < -0.39 is 5.91 Å². The summed E-state index contributed by atoms with van der Waals surface area (Å²) < 4.78 is 8.18. The van der Waals surface area contributed by atoms with Crippen LogP contribution in [0.5, 0.6) is 5.75 Å². The summed E-state index contributed by atoms with van der Waals surface area (Å²) in [4.78, 5) is 17.2. The van der Waals surface area contributed by atoms with Crippen LogP contribution in [0.3, 0.4) is 0 Å². The molecule has 1 saturated heterocycles. The van der Waals surface area contributed by atoms with Crippen molar-refractivity contribution in [3.63, 3.8) is 0 Å². The van der Waals surface area contributed by atoms with E-state index in [1.807, 2.05) is 41.8 Å². The fraction of sp³-hybridized carbons (Fsp3) is 0.308. The number of thiophene rings is 1. The van der Waals surface area contributed by atoms with Crippen LogP contribution in [0.25, 0.3) is 16.0 Å². The molecule has 0 aliphatic carbocycles. The molecule has 2 unspecified atom stereocenters. The van der Waals surface area contributed by atoms with Crippen LogP contribution < -0.4 is 15.8 Å². The topological polar surface area (TPSA) is 82.2 Å². The summed E-state index contributed by atoms with van der Waals surface area (Å²) in [7, 11) is 0. The van der Waals surface area contributed by atoms with Crippen LogP contribution in [0, 0.1) is 5.92 Å². The number of piperidine rings is 1. The Morgan fingerprint density at radius 1 is 1.32 bits per heavy atom. The number of carbonyl (C=O) groups is 1. The summed E-state index contributed by atoms with van der Waals surface area (Å²) >= 11 is 7.64. The summed E-state index contributed by atoms with van der Waals surface area (Å²) in [5.41, 5.74) is 9.75. The summed E-state index contributed by atoms with van der Waals surface area (Å²) in [5.74, 6) is 0.579. The Kier molecular flexibility index (Phi) is 6.59. The largest absolute Gasteiger partial charge is 0.484 e. The van der Waals surface area contributed by atoms with E-state index in [9.17, 15) is 4.79 Å². The number of carbonyl (C=O) groups excluding carboxylic acids is 1. The Morgan fingerprint density at radius 2 is 2.18 bits per heavy atom. The maximum atomic E-state index is 12.2. The monoisotopic (exact) mass is 494 g/mol. The Balaban J connectivity index is 1.46. The standard InChI is InChI=1S/C26H27ClN4O2S/c1-16(19-6-2-3-7-20(19)27)33-23-13-24(34-25(23)26(28)32)31-15-30-21-9-8-17(12-22(21)31)11-18-5-4-10-29-14-18/h2-3,6-9,12-13,15-16,18,29H,4-5,10-11,14H2,1H3,(H2,28,32). The van der Waals surface area contributed by atoms with Gasteiger partial charge in [-0.1, -0.05) is 35.9 Å². The van der Waals surface area contributed by atoms with E-state index in [0.717, 1.165) is 41.1 Å². The number of ether oxygens (including phenoxy) is 1. The Labute approximate surface area is 207 Å². The number of rotatable bonds is 7. The first kappa shape index (κ1) is 22.9. The number of nitrogens with zero attached hydrogens (tertiary/aromatic N) is 2. The average molecular weight is 495 g/mol. The van der Waals surface area contributed by atoms with Crippen LogP contribution in [0.4, 0.5) is 0 Å². The van der Waals surface area contributed by atoms with Crippen LogP contribution in [0.15, 0.2) is 54.9 Å². The molecule has 0 radical (unpaired) electrons. The Morgan fingerprint density at radius 3 is 2.94 bits per heavy atom. The van der Waals surface area contributed by atoms with E-state index in [1.165, 1.54) is 29.7 Å². The third-order valence-electron chi connectivity index (χ3n) is 6.33. The molecule has 3 heterocycles. The van der Waals surface area contributed by atoms with Gasteiger partial charge >= 0.3 is 0 Å². The molecule has 4 aromatic rings. The number of halogens is 1. The van der Waals surface area contributed by atoms with Crippen LogP contribution in [0.2, 0.25) is 5.02 Å². The fourth-order valence-corrected chi connectivity index (χ4v) is 5.80. The van der Waals surface area contributed by atoms with Crippen LogP contribution >= 0.6 is 22.9 Å². The minimum Gasteiger partial charge on any atom is -0.484 e. The number of benzene rings is 2. The Hall–Kier alpha value is -2.87. The van der Waals surface area contributed by atoms with Crippen molar-refractivity contribution in [2.45, 2.75) is 32.3 Å². The molecule has 6 nitrogen and oxygen atoms in total. The molecular formula is C26H27ClN4O2S. The second-order valence-corrected chi connectivity index (χ2v) is 10.2. The SMILES string of the molecule is CC(Oc1cc(-n2cnc3ccc(CC4CCCNC4)cc32)sc1C(N)=O)c1ccccc1Cl. The van der Waals surface area contributed by atoms with Gasteiger partial charge in [-0.15, -0.1) is 11.3 Å². The van der Waals surface area contributed by atoms with Crippen molar-refractivity contribution in [2.75, 3.05) is 13.1 Å². The van der Waals surface area contributed by atoms with Crippen molar-refractivity contribution in [1.82, 2.24) is 14.9 Å². The van der Waals surface area contributed by atoms with Crippen molar-refractivity contribution >= 4 is 39.9 Å². The van der Waals surface area contributed by atoms with E-state index in [4.69, 9.17) is 22.1 Å². The number of nitrogens with one attached hydrogen (secondary N) is 1. The first-order chi connectivity index (χ1) is 16.5. The van der Waals surface area contributed by atoms with Gasteiger partial charge in [0.2, 0.25) is 0 Å². The van der Waals surface area contributed by atoms with Crippen molar-refractivity contribution in [3.05, 3.63) is 75.9 Å². The minimum absolute atomic E-state index is 0.343. The number of fused-ring (bicyclic) bond motifs is 1. The molecule has 8 heteroatoms. The van der Waals surface area contributed by atoms with Crippen molar-refractivity contribution in [2.24, 2.45) is 11.7 Å². The molecule has 2 aromatic heterocycles. The maximum Gasteiger partial charge on any atom is 0.262 e. The van der Waals surface area contributed by atoms with E-state index >= 15 is 0 Å². The molecule has 5 rings (SSSR count). The molecule has 3 N–H and O–H groups in total. The highest BCUT2D eigenvalue weighted by Crippen LogP contribution is 2.37. The Bertz CT molecular complexity index is 1330. The molecule has 1 amide bonds. The molecule has 0 bridgehead atoms. The third kappa shape index (κ3) is 4.69. The van der Waals surface area contributed by atoms with Crippen molar-refractivity contribution < 1.29 is 9.53 Å². The number of nitrogens with two attached hydrogens (primary N) is 1. The van der Waals surface area contributed by atoms with Crippen molar-refractivity contribution in [3.8, 4) is 10.8 Å². The van der Waals surface area contributed by atoms with E-state index in [0.29, 0.717) is 21.6 Å². The zero-order valence-corrected chi connectivity index (χ0v) is 20.5. The minimum atomic E-state index is -0.521. The molecular weight excluding hydrogens is 468 g/mol. The number of imidazole rings is 1. The van der Waals surface area contributed by atoms with Gasteiger partial charge in [-0.05, 0) is 69.0 Å². The normalized spacial score (nSPS) is 17.1. The van der Waals surface area contributed by atoms with Crippen LogP contribution in [-0.4, -0.2) is 28.5 Å². The van der Waals surface area contributed by atoms with Gasteiger partial charge in [-0.2, -0.15) is 0 Å². The lowest BCUT2D eigenvalue weighted by molar-refractivity contribution is 0.0998. The van der Waals surface area contributed by atoms with E-state index in [1.54, 1.807) is 6.33 Å². The third-order valence-corrected chi connectivity index (χ3v) is 7.80. The molecule has 34 heavy (non-hydrogen) atoms. The lowest BCUT2D eigenvalue weighted by Crippen LogP contribution is -2.30. The molecule has 176 valence electrons. The molecule has 1 fully saturated rings. The van der Waals surface area contributed by atoms with Crippen LogP contribution in [0.1, 0.15) is 46.7 Å². The van der Waals surface area contributed by atoms with E-state index in [-0.39, 0.29) is 6.10 Å². The van der Waals surface area contributed by atoms with E-state index in [2.05, 4.69) is 28.5 Å². The zero-order valence-electron chi connectivity index (χ0n) is 19.0. The van der Waals surface area contributed by atoms with Gasteiger partial charge in [0.1, 0.15) is 28.1 Å². The average Bonchev–Trinajstić information content (AvgIpc) is 3.44. The van der Waals surface area contributed by atoms with Gasteiger partial charge in [0.25, 0.3) is 5.91 Å². The van der Waals surface area contributed by atoms with Crippen molar-refractivity contribution in [1.29, 1.82) is 0 Å². The second kappa shape index (κ2) is 9.78. The molecule has 0 saturated carbocycles. The molecule has 0 spiro atoms. The number of hydrogen-bond acceptors (Lipinski definition) is 5. The first-order valence-corrected chi connectivity index (χ1v) is 12.7. The lowest BCUT2D eigenvalue weighted by atomic mass is 9.92. The molecule has 1 aliphatic rings. The second-order valence-electron chi connectivity index (χ2n) is 8.78. The fourth-order valence-electron chi connectivity index (χ4n) is 4.59. The van der Waals surface area contributed by atoms with Gasteiger partial charge < -0.3 is 15.8 Å². The maximum absolute atomic E-state index is 12.2. The number of aromatic nitrogens is 2. The molecule has 2 atom stereocenters. The van der Waals surface area contributed by atoms with Gasteiger partial charge in [-0.3, -0.25) is 9.36 Å². The summed E-state index contributed by atoms with van der Waals surface area (Å²) in [6, 6.07) is 15.8. The molecule has 2 aromatic carbocycles. The summed E-state index contributed by atoms with van der Waals surface area (Å²) in [5, 5.41) is 4.94. The zero-order chi connectivity index (χ0) is 23.7. The smallest absolute Gasteiger partial charge is 0.262 e. The highest BCUT2D eigenvalue weighted by Gasteiger charge is 2.21. The van der Waals surface area contributed by atoms with Gasteiger partial charge in [-0.25, -0.2) is 4.98 Å². The number of primary amides is 1. The molecule has 1 aliphatic heterocycles.